The molecular weight excluding hydrogens is 799 g/mol. The fourth-order valence-corrected chi connectivity index (χ4v) is 9.75. The highest BCUT2D eigenvalue weighted by atomic mass is 16.7. The van der Waals surface area contributed by atoms with Crippen LogP contribution in [0.25, 0.3) is 11.3 Å². The molecule has 0 aromatic carbocycles. The van der Waals surface area contributed by atoms with E-state index in [9.17, 15) is 19.5 Å². The van der Waals surface area contributed by atoms with Crippen molar-refractivity contribution in [3.05, 3.63) is 37.1 Å². The Morgan fingerprint density at radius 2 is 1.81 bits per heavy atom. The van der Waals surface area contributed by atoms with E-state index in [1.165, 1.54) is 19.0 Å². The number of cyclic esters (lactones) is 1. The van der Waals surface area contributed by atoms with Crippen LogP contribution >= 0.6 is 0 Å². The smallest absolute Gasteiger partial charge is 0.425 e. The lowest BCUT2D eigenvalue weighted by molar-refractivity contribution is -0.295. The summed E-state index contributed by atoms with van der Waals surface area (Å²) in [6, 6.07) is 2.78. The number of carbonyl (C=O) groups excluding carboxylic acids is 3. The Balaban J connectivity index is 1.51. The standard InChI is InChI=1S/C45H71N7O10/c1-15-34-45(10)38(52(42(56)62-45)48-20-18-43(7,8)51-24-32(47-25-51)31-17-16-19-46-23-31)28(4)35(49-58-14)26(2)22-44(9,57-13)39(29(5)36(53)30(6)40(55)60-34)61-41-37(54)33(50(11)12)21-27(3)59-41/h16-17,19,23-30,33-34,37-39,41,48,54H,15,18,20-22H2,1-14H3/b49-35+/t26-,27-,28+,29+,30-,33+,34-,37-,38-,39-,41+,44-,45-/m1/s1. The van der Waals surface area contributed by atoms with E-state index in [-0.39, 0.29) is 25.0 Å². The Morgan fingerprint density at radius 1 is 1.10 bits per heavy atom. The molecule has 5 heterocycles. The average molecular weight is 870 g/mol. The molecule has 2 aromatic rings. The molecule has 3 aliphatic rings. The number of aromatic nitrogens is 3. The first kappa shape index (κ1) is 49.0. The second kappa shape index (κ2) is 19.8. The zero-order chi connectivity index (χ0) is 45.9. The number of fused-ring (bicyclic) bond motifs is 1. The molecule has 3 aliphatic heterocycles. The minimum atomic E-state index is -1.40. The first-order valence-corrected chi connectivity index (χ1v) is 21.9. The lowest BCUT2D eigenvalue weighted by Gasteiger charge is -2.47. The lowest BCUT2D eigenvalue weighted by Crippen LogP contribution is -2.61. The minimum Gasteiger partial charge on any atom is -0.458 e. The molecule has 1 amide bonds. The molecule has 2 N–H and O–H groups in total. The van der Waals surface area contributed by atoms with Crippen molar-refractivity contribution in [1.29, 1.82) is 0 Å². The van der Waals surface area contributed by atoms with Gasteiger partial charge in [0.25, 0.3) is 0 Å². The molecular formula is C45H71N7O10. The predicted molar refractivity (Wildman–Crippen MR) is 232 cm³/mol. The Hall–Kier alpha value is -4.00. The highest BCUT2D eigenvalue weighted by molar-refractivity contribution is 6.00. The van der Waals surface area contributed by atoms with Gasteiger partial charge in [-0.3, -0.25) is 14.6 Å². The van der Waals surface area contributed by atoms with Gasteiger partial charge in [0.2, 0.25) is 0 Å². The van der Waals surface area contributed by atoms with Gasteiger partial charge < -0.3 is 43.1 Å². The van der Waals surface area contributed by atoms with E-state index in [4.69, 9.17) is 28.5 Å². The van der Waals surface area contributed by atoms with Gasteiger partial charge in [-0.05, 0) is 93.5 Å². The molecule has 0 unspecified atom stereocenters. The number of Topliss-reactive ketones (excluding diaryl/α,β-unsaturated/α-hetero) is 1. The summed E-state index contributed by atoms with van der Waals surface area (Å²) in [5, 5.41) is 17.6. The number of esters is 1. The number of aliphatic hydroxyl groups is 1. The summed E-state index contributed by atoms with van der Waals surface area (Å²) in [5.41, 5.74) is 2.63. The van der Waals surface area contributed by atoms with Crippen LogP contribution in [0.5, 0.6) is 0 Å². The predicted octanol–water partition coefficient (Wildman–Crippen LogP) is 5.21. The van der Waals surface area contributed by atoms with Gasteiger partial charge in [0, 0.05) is 67.1 Å². The number of rotatable bonds is 12. The van der Waals surface area contributed by atoms with Crippen LogP contribution in [0.15, 0.2) is 42.2 Å². The highest BCUT2D eigenvalue weighted by Crippen LogP contribution is 2.43. The van der Waals surface area contributed by atoms with Crippen LogP contribution in [-0.2, 0) is 43.6 Å². The van der Waals surface area contributed by atoms with E-state index < -0.39 is 88.9 Å². The second-order valence-electron chi connectivity index (χ2n) is 18.7. The quantitative estimate of drug-likeness (QED) is 0.161. The number of hydrogen-bond acceptors (Lipinski definition) is 15. The van der Waals surface area contributed by atoms with Crippen LogP contribution < -0.4 is 5.43 Å². The molecule has 346 valence electrons. The number of ether oxygens (including phenoxy) is 5. The molecule has 0 spiro atoms. The molecule has 17 nitrogen and oxygen atoms in total. The van der Waals surface area contributed by atoms with Gasteiger partial charge in [0.15, 0.2) is 17.7 Å². The number of aliphatic hydroxyl groups excluding tert-OH is 1. The number of hydrogen-bond donors (Lipinski definition) is 2. The molecule has 0 bridgehead atoms. The third-order valence-electron chi connectivity index (χ3n) is 13.6. The monoisotopic (exact) mass is 870 g/mol. The third-order valence-corrected chi connectivity index (χ3v) is 13.6. The number of nitrogens with one attached hydrogen (secondary N) is 1. The van der Waals surface area contributed by atoms with Crippen molar-refractivity contribution in [3.8, 4) is 11.3 Å². The van der Waals surface area contributed by atoms with Crippen molar-refractivity contribution in [2.45, 2.75) is 154 Å². The number of pyridine rings is 1. The lowest BCUT2D eigenvalue weighted by atomic mass is 9.73. The van der Waals surface area contributed by atoms with Crippen LogP contribution in [-0.4, -0.2) is 142 Å². The summed E-state index contributed by atoms with van der Waals surface area (Å²) in [7, 11) is 6.79. The summed E-state index contributed by atoms with van der Waals surface area (Å²) in [4.78, 5) is 59.1. The molecule has 5 rings (SSSR count). The van der Waals surface area contributed by atoms with Gasteiger partial charge in [0.1, 0.15) is 31.3 Å². The van der Waals surface area contributed by atoms with E-state index in [1.54, 1.807) is 39.7 Å². The maximum absolute atomic E-state index is 14.5. The maximum Gasteiger partial charge on any atom is 0.425 e. The third kappa shape index (κ3) is 10.0. The molecule has 3 saturated heterocycles. The first-order chi connectivity index (χ1) is 29.1. The minimum absolute atomic E-state index is 0.251. The summed E-state index contributed by atoms with van der Waals surface area (Å²) >= 11 is 0. The molecule has 0 saturated carbocycles. The van der Waals surface area contributed by atoms with Crippen molar-refractivity contribution in [1.82, 2.24) is 29.9 Å². The topological polar surface area (TPSA) is 188 Å². The van der Waals surface area contributed by atoms with E-state index in [0.29, 0.717) is 25.1 Å². The SMILES string of the molecule is CC[C@H]1OC(=O)[C@H](C)C(=O)[C@H](C)[C@@H](O[C@@H]2O[C@H](C)C[C@H](N(C)C)[C@H]2O)[C@](C)(OC)C[C@@H](C)/C(=N\OC)[C@H](C)[C@H]2N(NCCC(C)(C)n3cnc(-c4cccnc4)c3)C(=O)O[C@]12C. The van der Waals surface area contributed by atoms with E-state index in [0.717, 1.165) is 11.3 Å². The number of carbonyl (C=O) groups is 3. The molecule has 17 heteroatoms. The zero-order valence-electron chi connectivity index (χ0n) is 39.2. The number of oxime groups is 1. The molecule has 3 fully saturated rings. The van der Waals surface area contributed by atoms with Crippen LogP contribution in [0, 0.1) is 23.7 Å². The normalized spacial score (nSPS) is 36.0. The fraction of sp³-hybridized carbons (Fsp3) is 0.733. The summed E-state index contributed by atoms with van der Waals surface area (Å²) < 4.78 is 33.8. The number of imidazole rings is 1. The number of ketones is 1. The first-order valence-electron chi connectivity index (χ1n) is 21.9. The van der Waals surface area contributed by atoms with E-state index >= 15 is 0 Å². The maximum atomic E-state index is 14.5. The second-order valence-corrected chi connectivity index (χ2v) is 18.7. The zero-order valence-corrected chi connectivity index (χ0v) is 39.2. The average Bonchev–Trinajstić information content (AvgIpc) is 3.84. The van der Waals surface area contributed by atoms with Gasteiger partial charge in [-0.1, -0.05) is 32.9 Å². The number of nitrogens with zero attached hydrogens (tertiary/aromatic N) is 6. The van der Waals surface area contributed by atoms with Crippen molar-refractivity contribution in [3.63, 3.8) is 0 Å². The Kier molecular flexibility index (Phi) is 15.7. The molecule has 62 heavy (non-hydrogen) atoms. The summed E-state index contributed by atoms with van der Waals surface area (Å²) in [5.74, 6) is -4.29. The molecule has 0 radical (unpaired) electrons. The molecule has 2 aromatic heterocycles. The van der Waals surface area contributed by atoms with E-state index in [2.05, 4.69) is 34.4 Å². The van der Waals surface area contributed by atoms with Gasteiger partial charge in [-0.15, -0.1) is 0 Å². The molecule has 13 atom stereocenters. The van der Waals surface area contributed by atoms with Gasteiger partial charge in [0.05, 0.1) is 35.5 Å². The van der Waals surface area contributed by atoms with Gasteiger partial charge >= 0.3 is 12.1 Å². The van der Waals surface area contributed by atoms with Crippen molar-refractivity contribution in [2.75, 3.05) is 34.9 Å². The van der Waals surface area contributed by atoms with Crippen LogP contribution in [0.3, 0.4) is 0 Å². The number of amides is 1. The number of hydrazine groups is 1. The summed E-state index contributed by atoms with van der Waals surface area (Å²) in [6.45, 7) is 19.1. The largest absolute Gasteiger partial charge is 0.458 e. The van der Waals surface area contributed by atoms with Crippen molar-refractivity contribution in [2.24, 2.45) is 28.8 Å². The van der Waals surface area contributed by atoms with Crippen molar-refractivity contribution < 1.29 is 48.0 Å². The Morgan fingerprint density at radius 3 is 2.42 bits per heavy atom. The fourth-order valence-electron chi connectivity index (χ4n) is 9.75. The van der Waals surface area contributed by atoms with Gasteiger partial charge in [-0.2, -0.15) is 0 Å². The number of likely N-dealkylation sites (N-methyl/N-ethyl adjacent to an activating group) is 1. The summed E-state index contributed by atoms with van der Waals surface area (Å²) in [6.07, 6.45) is 3.96. The van der Waals surface area contributed by atoms with Gasteiger partial charge in [-0.25, -0.2) is 20.2 Å². The molecule has 0 aliphatic carbocycles. The van der Waals surface area contributed by atoms with Crippen LogP contribution in [0.1, 0.15) is 94.9 Å². The Labute approximate surface area is 367 Å². The van der Waals surface area contributed by atoms with Crippen LogP contribution in [0.4, 0.5) is 4.79 Å². The Bertz CT molecular complexity index is 1880. The number of methoxy groups -OCH3 is 1. The van der Waals surface area contributed by atoms with Crippen molar-refractivity contribution >= 4 is 23.6 Å². The highest BCUT2D eigenvalue weighted by Gasteiger charge is 2.60. The van der Waals surface area contributed by atoms with Crippen LogP contribution in [0.2, 0.25) is 0 Å². The van der Waals surface area contributed by atoms with E-state index in [1.807, 2.05) is 76.5 Å².